The summed E-state index contributed by atoms with van der Waals surface area (Å²) in [5, 5.41) is 15.6. The Bertz CT molecular complexity index is 351. The molecule has 2 unspecified atom stereocenters. The minimum Gasteiger partial charge on any atom is -0.481 e. The molecular formula is C10H17N3O3. The Labute approximate surface area is 94.0 Å². The van der Waals surface area contributed by atoms with Crippen molar-refractivity contribution in [3.8, 4) is 0 Å². The highest BCUT2D eigenvalue weighted by atomic mass is 16.5. The van der Waals surface area contributed by atoms with E-state index in [0.717, 1.165) is 0 Å². The third-order valence-electron chi connectivity index (χ3n) is 2.51. The van der Waals surface area contributed by atoms with Crippen LogP contribution >= 0.6 is 0 Å². The van der Waals surface area contributed by atoms with E-state index in [-0.39, 0.29) is 6.04 Å². The first-order valence-corrected chi connectivity index (χ1v) is 5.26. The minimum atomic E-state index is -0.798. The van der Waals surface area contributed by atoms with Gasteiger partial charge >= 0.3 is 5.97 Å². The highest BCUT2D eigenvalue weighted by Gasteiger charge is 2.18. The van der Waals surface area contributed by atoms with Gasteiger partial charge in [0.05, 0.1) is 5.92 Å². The highest BCUT2D eigenvalue weighted by molar-refractivity contribution is 5.70. The Morgan fingerprint density at radius 1 is 1.56 bits per heavy atom. The van der Waals surface area contributed by atoms with Crippen LogP contribution in [-0.2, 0) is 11.2 Å². The standard InChI is InChI=1S/C10H17N3O3/c1-6(10(14)15)7(2)11-5-4-9-12-8(3)13-16-9/h6-7,11H,4-5H2,1-3H3,(H,14,15). The van der Waals surface area contributed by atoms with Crippen molar-refractivity contribution < 1.29 is 14.4 Å². The summed E-state index contributed by atoms with van der Waals surface area (Å²) in [5.41, 5.74) is 0. The summed E-state index contributed by atoms with van der Waals surface area (Å²) in [5.74, 6) is -0.0276. The molecule has 90 valence electrons. The fraction of sp³-hybridized carbons (Fsp3) is 0.700. The van der Waals surface area contributed by atoms with Crippen molar-refractivity contribution in [1.82, 2.24) is 15.5 Å². The van der Waals surface area contributed by atoms with Crippen LogP contribution in [0.3, 0.4) is 0 Å². The third-order valence-corrected chi connectivity index (χ3v) is 2.51. The van der Waals surface area contributed by atoms with Gasteiger partial charge in [-0.05, 0) is 13.8 Å². The molecule has 2 N–H and O–H groups in total. The van der Waals surface area contributed by atoms with Gasteiger partial charge in [-0.3, -0.25) is 4.79 Å². The molecule has 2 atom stereocenters. The van der Waals surface area contributed by atoms with E-state index in [9.17, 15) is 4.79 Å². The smallest absolute Gasteiger partial charge is 0.307 e. The summed E-state index contributed by atoms with van der Waals surface area (Å²) in [6.07, 6.45) is 0.609. The molecule has 6 heteroatoms. The number of hydrogen-bond acceptors (Lipinski definition) is 5. The van der Waals surface area contributed by atoms with Crippen molar-refractivity contribution in [3.63, 3.8) is 0 Å². The monoisotopic (exact) mass is 227 g/mol. The van der Waals surface area contributed by atoms with Gasteiger partial charge in [0.1, 0.15) is 0 Å². The molecule has 0 spiro atoms. The normalized spacial score (nSPS) is 14.7. The molecule has 0 amide bonds. The van der Waals surface area contributed by atoms with Crippen LogP contribution in [0.1, 0.15) is 25.6 Å². The number of nitrogens with one attached hydrogen (secondary N) is 1. The molecule has 0 aromatic carbocycles. The van der Waals surface area contributed by atoms with Crippen LogP contribution in [0.25, 0.3) is 0 Å². The van der Waals surface area contributed by atoms with E-state index in [1.807, 2.05) is 6.92 Å². The van der Waals surface area contributed by atoms with Gasteiger partial charge in [0, 0.05) is 19.0 Å². The molecule has 0 aliphatic carbocycles. The zero-order chi connectivity index (χ0) is 12.1. The van der Waals surface area contributed by atoms with Gasteiger partial charge in [-0.15, -0.1) is 0 Å². The molecule has 1 aromatic rings. The maximum absolute atomic E-state index is 10.7. The van der Waals surface area contributed by atoms with Gasteiger partial charge in [0.25, 0.3) is 0 Å². The lowest BCUT2D eigenvalue weighted by molar-refractivity contribution is -0.141. The maximum Gasteiger partial charge on any atom is 0.307 e. The van der Waals surface area contributed by atoms with Gasteiger partial charge in [-0.25, -0.2) is 0 Å². The largest absolute Gasteiger partial charge is 0.481 e. The molecule has 0 aliphatic rings. The number of carboxylic acids is 1. The van der Waals surface area contributed by atoms with Crippen LogP contribution in [0.15, 0.2) is 4.52 Å². The Hall–Kier alpha value is -1.43. The Morgan fingerprint density at radius 3 is 2.75 bits per heavy atom. The second kappa shape index (κ2) is 5.60. The van der Waals surface area contributed by atoms with E-state index >= 15 is 0 Å². The van der Waals surface area contributed by atoms with Crippen molar-refractivity contribution >= 4 is 5.97 Å². The average Bonchev–Trinajstić information content (AvgIpc) is 2.62. The van der Waals surface area contributed by atoms with E-state index in [0.29, 0.717) is 24.7 Å². The predicted octanol–water partition coefficient (Wildman–Crippen LogP) is 0.619. The molecule has 0 saturated heterocycles. The second-order valence-corrected chi connectivity index (χ2v) is 3.86. The predicted molar refractivity (Wildman–Crippen MR) is 57.0 cm³/mol. The van der Waals surface area contributed by atoms with Crippen molar-refractivity contribution in [3.05, 3.63) is 11.7 Å². The van der Waals surface area contributed by atoms with Gasteiger partial charge in [0.2, 0.25) is 5.89 Å². The lowest BCUT2D eigenvalue weighted by atomic mass is 10.0. The molecule has 0 bridgehead atoms. The topological polar surface area (TPSA) is 88.2 Å². The van der Waals surface area contributed by atoms with Gasteiger partial charge < -0.3 is 14.9 Å². The van der Waals surface area contributed by atoms with Crippen LogP contribution in [0.4, 0.5) is 0 Å². The van der Waals surface area contributed by atoms with E-state index in [4.69, 9.17) is 9.63 Å². The van der Waals surface area contributed by atoms with E-state index < -0.39 is 11.9 Å². The number of aryl methyl sites for hydroxylation is 1. The van der Waals surface area contributed by atoms with Crippen molar-refractivity contribution in [2.24, 2.45) is 5.92 Å². The number of rotatable bonds is 6. The van der Waals surface area contributed by atoms with Crippen LogP contribution in [0, 0.1) is 12.8 Å². The lowest BCUT2D eigenvalue weighted by Gasteiger charge is -2.16. The quantitative estimate of drug-likeness (QED) is 0.740. The summed E-state index contributed by atoms with van der Waals surface area (Å²) in [6.45, 7) is 5.91. The summed E-state index contributed by atoms with van der Waals surface area (Å²) in [6, 6.07) is -0.0819. The van der Waals surface area contributed by atoms with E-state index in [2.05, 4.69) is 15.5 Å². The van der Waals surface area contributed by atoms with Crippen molar-refractivity contribution in [2.75, 3.05) is 6.54 Å². The third kappa shape index (κ3) is 3.62. The molecule has 1 rings (SSSR count). The summed E-state index contributed by atoms with van der Waals surface area (Å²) in [4.78, 5) is 14.7. The Balaban J connectivity index is 2.27. The zero-order valence-electron chi connectivity index (χ0n) is 9.73. The average molecular weight is 227 g/mol. The molecule has 6 nitrogen and oxygen atoms in total. The molecule has 16 heavy (non-hydrogen) atoms. The summed E-state index contributed by atoms with van der Waals surface area (Å²) >= 11 is 0. The number of aromatic nitrogens is 2. The molecule has 0 aliphatic heterocycles. The first kappa shape index (κ1) is 12.6. The van der Waals surface area contributed by atoms with Crippen LogP contribution < -0.4 is 5.32 Å². The maximum atomic E-state index is 10.7. The molecule has 0 fully saturated rings. The molecular weight excluding hydrogens is 210 g/mol. The highest BCUT2D eigenvalue weighted by Crippen LogP contribution is 2.02. The lowest BCUT2D eigenvalue weighted by Crippen LogP contribution is -2.37. The van der Waals surface area contributed by atoms with Crippen LogP contribution in [0.5, 0.6) is 0 Å². The zero-order valence-corrected chi connectivity index (χ0v) is 9.73. The fourth-order valence-electron chi connectivity index (χ4n) is 1.24. The number of nitrogens with zero attached hydrogens (tertiary/aromatic N) is 2. The number of carboxylic acid groups (broad SMARTS) is 1. The molecule has 1 heterocycles. The first-order chi connectivity index (χ1) is 7.50. The van der Waals surface area contributed by atoms with Crippen molar-refractivity contribution in [1.29, 1.82) is 0 Å². The second-order valence-electron chi connectivity index (χ2n) is 3.86. The fourth-order valence-corrected chi connectivity index (χ4v) is 1.24. The summed E-state index contributed by atoms with van der Waals surface area (Å²) < 4.78 is 4.94. The van der Waals surface area contributed by atoms with Gasteiger partial charge in [0.15, 0.2) is 5.82 Å². The molecule has 0 radical (unpaired) electrons. The Morgan fingerprint density at radius 2 is 2.25 bits per heavy atom. The van der Waals surface area contributed by atoms with Crippen molar-refractivity contribution in [2.45, 2.75) is 33.2 Å². The number of aliphatic carboxylic acids is 1. The summed E-state index contributed by atoms with van der Waals surface area (Å²) in [7, 11) is 0. The Kier molecular flexibility index (Phi) is 4.42. The van der Waals surface area contributed by atoms with Crippen LogP contribution in [0.2, 0.25) is 0 Å². The minimum absolute atomic E-state index is 0.0819. The SMILES string of the molecule is Cc1noc(CCNC(C)C(C)C(=O)O)n1. The number of carbonyl (C=O) groups is 1. The van der Waals surface area contributed by atoms with Gasteiger partial charge in [-0.2, -0.15) is 4.98 Å². The number of hydrogen-bond donors (Lipinski definition) is 2. The first-order valence-electron chi connectivity index (χ1n) is 5.26. The van der Waals surface area contributed by atoms with Gasteiger partial charge in [-0.1, -0.05) is 12.1 Å². The van der Waals surface area contributed by atoms with E-state index in [1.165, 1.54) is 0 Å². The van der Waals surface area contributed by atoms with E-state index in [1.54, 1.807) is 13.8 Å². The van der Waals surface area contributed by atoms with Crippen LogP contribution in [-0.4, -0.2) is 33.8 Å². The molecule has 0 saturated carbocycles. The molecule has 1 aromatic heterocycles.